The fraction of sp³-hybridized carbons (Fsp3) is 0.389. The molecule has 2 N–H and O–H groups in total. The number of carbonyl (C=O) groups excluding carboxylic acids is 1. The van der Waals surface area contributed by atoms with Gasteiger partial charge in [0.05, 0.1) is 12.9 Å². The first-order chi connectivity index (χ1) is 10.8. The minimum Gasteiger partial charge on any atom is -0.467 e. The van der Waals surface area contributed by atoms with E-state index in [2.05, 4.69) is 23.5 Å². The topological polar surface area (TPSA) is 62.5 Å². The number of furan rings is 1. The van der Waals surface area contributed by atoms with Gasteiger partial charge in [-0.05, 0) is 48.4 Å². The highest BCUT2D eigenvalue weighted by molar-refractivity contribution is 5.77. The number of carbonyl (C=O) groups is 1. The highest BCUT2D eigenvalue weighted by atomic mass is 16.3. The Morgan fingerprint density at radius 3 is 2.95 bits per heavy atom. The van der Waals surface area contributed by atoms with Crippen LogP contribution in [0, 0.1) is 0 Å². The molecule has 0 saturated carbocycles. The molecule has 2 aromatic rings. The predicted molar refractivity (Wildman–Crippen MR) is 83.4 cm³/mol. The van der Waals surface area contributed by atoms with Crippen LogP contribution in [0.3, 0.4) is 0 Å². The molecule has 4 heteroatoms. The lowest BCUT2D eigenvalue weighted by atomic mass is 9.81. The number of nitrogens with one attached hydrogen (secondary N) is 1. The Bertz CT molecular complexity index is 621. The van der Waals surface area contributed by atoms with Crippen LogP contribution >= 0.6 is 0 Å². The summed E-state index contributed by atoms with van der Waals surface area (Å²) in [5.74, 6) is 0.804. The van der Waals surface area contributed by atoms with E-state index in [1.807, 2.05) is 6.07 Å². The summed E-state index contributed by atoms with van der Waals surface area (Å²) in [6.07, 6.45) is 5.25. The quantitative estimate of drug-likeness (QED) is 0.892. The van der Waals surface area contributed by atoms with Crippen LogP contribution in [-0.2, 0) is 11.2 Å². The Balaban J connectivity index is 1.65. The number of aliphatic hydroxyl groups excluding tert-OH is 1. The molecular weight excluding hydrogens is 278 g/mol. The van der Waals surface area contributed by atoms with Gasteiger partial charge in [0, 0.05) is 6.42 Å². The lowest BCUT2D eigenvalue weighted by Crippen LogP contribution is -2.32. The zero-order chi connectivity index (χ0) is 15.4. The maximum Gasteiger partial charge on any atom is 0.221 e. The van der Waals surface area contributed by atoms with Crippen LogP contribution in [0.2, 0.25) is 0 Å². The van der Waals surface area contributed by atoms with Crippen LogP contribution in [0.15, 0.2) is 47.1 Å². The molecule has 3 rings (SSSR count). The summed E-state index contributed by atoms with van der Waals surface area (Å²) in [6, 6.07) is 11.4. The van der Waals surface area contributed by atoms with Crippen LogP contribution in [-0.4, -0.2) is 17.6 Å². The lowest BCUT2D eigenvalue weighted by Gasteiger charge is -2.25. The van der Waals surface area contributed by atoms with Gasteiger partial charge in [-0.25, -0.2) is 0 Å². The molecule has 0 saturated heterocycles. The molecule has 1 aliphatic rings. The fourth-order valence-electron chi connectivity index (χ4n) is 3.24. The van der Waals surface area contributed by atoms with Crippen molar-refractivity contribution in [3.8, 4) is 0 Å². The van der Waals surface area contributed by atoms with E-state index in [-0.39, 0.29) is 18.4 Å². The number of hydrogen-bond donors (Lipinski definition) is 2. The molecule has 0 radical (unpaired) electrons. The molecular formula is C18H21NO3. The molecule has 0 aliphatic heterocycles. The Morgan fingerprint density at radius 2 is 2.18 bits per heavy atom. The molecule has 4 nitrogen and oxygen atoms in total. The number of rotatable bonds is 5. The minimum absolute atomic E-state index is 0.0443. The molecule has 0 fully saturated rings. The second kappa shape index (κ2) is 6.79. The van der Waals surface area contributed by atoms with Gasteiger partial charge in [-0.1, -0.05) is 24.3 Å². The van der Waals surface area contributed by atoms with E-state index in [0.29, 0.717) is 12.2 Å². The van der Waals surface area contributed by atoms with E-state index in [4.69, 9.17) is 4.42 Å². The van der Waals surface area contributed by atoms with Crippen LogP contribution < -0.4 is 5.32 Å². The number of hydrogen-bond acceptors (Lipinski definition) is 3. The number of benzene rings is 1. The molecule has 0 spiro atoms. The maximum atomic E-state index is 12.3. The van der Waals surface area contributed by atoms with Crippen molar-refractivity contribution in [1.29, 1.82) is 0 Å². The average Bonchev–Trinajstić information content (AvgIpc) is 3.07. The Hall–Kier alpha value is -2.07. The summed E-state index contributed by atoms with van der Waals surface area (Å²) in [6.45, 7) is -0.166. The summed E-state index contributed by atoms with van der Waals surface area (Å²) in [4.78, 5) is 12.3. The van der Waals surface area contributed by atoms with Gasteiger partial charge in [-0.2, -0.15) is 0 Å². The zero-order valence-corrected chi connectivity index (χ0v) is 12.5. The average molecular weight is 299 g/mol. The molecule has 22 heavy (non-hydrogen) atoms. The summed E-state index contributed by atoms with van der Waals surface area (Å²) in [7, 11) is 0. The van der Waals surface area contributed by atoms with Crippen LogP contribution in [0.4, 0.5) is 0 Å². The van der Waals surface area contributed by atoms with Gasteiger partial charge in [0.1, 0.15) is 11.8 Å². The Kier molecular flexibility index (Phi) is 4.59. The first-order valence-corrected chi connectivity index (χ1v) is 7.79. The van der Waals surface area contributed by atoms with Gasteiger partial charge in [0.2, 0.25) is 5.91 Å². The van der Waals surface area contributed by atoms with Crippen molar-refractivity contribution in [3.05, 3.63) is 59.5 Å². The van der Waals surface area contributed by atoms with Crippen LogP contribution in [0.5, 0.6) is 0 Å². The summed E-state index contributed by atoms with van der Waals surface area (Å²) in [5, 5.41) is 12.3. The zero-order valence-electron chi connectivity index (χ0n) is 12.5. The normalized spacial score (nSPS) is 18.5. The van der Waals surface area contributed by atoms with Crippen molar-refractivity contribution in [1.82, 2.24) is 5.32 Å². The SMILES string of the molecule is O=C(CC1CCCc2ccccc21)NC(CO)c1ccco1. The molecule has 1 aromatic carbocycles. The Labute approximate surface area is 130 Å². The molecule has 1 aliphatic carbocycles. The van der Waals surface area contributed by atoms with Crippen molar-refractivity contribution in [2.24, 2.45) is 0 Å². The third kappa shape index (κ3) is 3.22. The van der Waals surface area contributed by atoms with Gasteiger partial charge in [-0.3, -0.25) is 4.79 Å². The summed E-state index contributed by atoms with van der Waals surface area (Å²) < 4.78 is 5.26. The standard InChI is InChI=1S/C18H21NO3/c20-12-16(17-9-4-10-22-17)19-18(21)11-14-7-3-6-13-5-1-2-8-15(13)14/h1-2,4-5,8-10,14,16,20H,3,6-7,11-12H2,(H,19,21). The van der Waals surface area contributed by atoms with Crippen molar-refractivity contribution >= 4 is 5.91 Å². The first-order valence-electron chi connectivity index (χ1n) is 7.79. The number of aliphatic hydroxyl groups is 1. The van der Waals surface area contributed by atoms with Gasteiger partial charge in [0.15, 0.2) is 0 Å². The number of fused-ring (bicyclic) bond motifs is 1. The molecule has 0 bridgehead atoms. The molecule has 1 aromatic heterocycles. The molecule has 116 valence electrons. The van der Waals surface area contributed by atoms with E-state index in [0.717, 1.165) is 19.3 Å². The monoisotopic (exact) mass is 299 g/mol. The van der Waals surface area contributed by atoms with Crippen molar-refractivity contribution in [2.45, 2.75) is 37.6 Å². The first kappa shape index (κ1) is 14.9. The second-order valence-corrected chi connectivity index (χ2v) is 5.81. The summed E-state index contributed by atoms with van der Waals surface area (Å²) >= 11 is 0. The second-order valence-electron chi connectivity index (χ2n) is 5.81. The smallest absolute Gasteiger partial charge is 0.221 e. The number of aryl methyl sites for hydroxylation is 1. The third-order valence-electron chi connectivity index (χ3n) is 4.33. The van der Waals surface area contributed by atoms with Gasteiger partial charge in [0.25, 0.3) is 0 Å². The van der Waals surface area contributed by atoms with E-state index in [1.165, 1.54) is 11.1 Å². The van der Waals surface area contributed by atoms with Gasteiger partial charge in [-0.15, -0.1) is 0 Å². The molecule has 1 heterocycles. The molecule has 2 atom stereocenters. The fourth-order valence-corrected chi connectivity index (χ4v) is 3.24. The predicted octanol–water partition coefficient (Wildman–Crippen LogP) is 2.94. The van der Waals surface area contributed by atoms with Crippen LogP contribution in [0.1, 0.15) is 48.1 Å². The van der Waals surface area contributed by atoms with Gasteiger partial charge < -0.3 is 14.8 Å². The van der Waals surface area contributed by atoms with Crippen molar-refractivity contribution in [3.63, 3.8) is 0 Å². The van der Waals surface area contributed by atoms with Crippen molar-refractivity contribution < 1.29 is 14.3 Å². The van der Waals surface area contributed by atoms with E-state index in [9.17, 15) is 9.90 Å². The van der Waals surface area contributed by atoms with Gasteiger partial charge >= 0.3 is 0 Å². The van der Waals surface area contributed by atoms with E-state index in [1.54, 1.807) is 18.4 Å². The van der Waals surface area contributed by atoms with E-state index >= 15 is 0 Å². The summed E-state index contributed by atoms with van der Waals surface area (Å²) in [5.41, 5.74) is 2.65. The number of amides is 1. The highest BCUT2D eigenvalue weighted by Gasteiger charge is 2.24. The molecule has 2 unspecified atom stereocenters. The van der Waals surface area contributed by atoms with Crippen molar-refractivity contribution in [2.75, 3.05) is 6.61 Å². The van der Waals surface area contributed by atoms with E-state index < -0.39 is 6.04 Å². The largest absolute Gasteiger partial charge is 0.467 e. The third-order valence-corrected chi connectivity index (χ3v) is 4.33. The minimum atomic E-state index is -0.471. The lowest BCUT2D eigenvalue weighted by molar-refractivity contribution is -0.122. The molecule has 1 amide bonds. The maximum absolute atomic E-state index is 12.3. The van der Waals surface area contributed by atoms with Crippen LogP contribution in [0.25, 0.3) is 0 Å². The highest BCUT2D eigenvalue weighted by Crippen LogP contribution is 2.33. The Morgan fingerprint density at radius 1 is 1.32 bits per heavy atom.